The molecule has 1 N–H and O–H groups in total. The van der Waals surface area contributed by atoms with Crippen LogP contribution < -0.4 is 0 Å². The number of benzene rings is 1. The number of hydrogen-bond donors (Lipinski definition) is 1. The zero-order valence-corrected chi connectivity index (χ0v) is 12.2. The molecule has 22 heavy (non-hydrogen) atoms. The fourth-order valence-electron chi connectivity index (χ4n) is 2.86. The van der Waals surface area contributed by atoms with Crippen molar-refractivity contribution in [2.75, 3.05) is 6.54 Å². The van der Waals surface area contributed by atoms with Crippen molar-refractivity contribution < 1.29 is 0 Å². The monoisotopic (exact) mass is 288 g/mol. The molecule has 0 aliphatic carbocycles. The first-order valence-electron chi connectivity index (χ1n) is 7.51. The molecule has 0 bridgehead atoms. The fourth-order valence-corrected chi connectivity index (χ4v) is 2.86. The van der Waals surface area contributed by atoms with Crippen LogP contribution in [0.3, 0.4) is 0 Å². The molecule has 4 rings (SSSR count). The van der Waals surface area contributed by atoms with Crippen molar-refractivity contribution in [3.63, 3.8) is 0 Å². The third-order valence-electron chi connectivity index (χ3n) is 3.92. The lowest BCUT2D eigenvalue weighted by Crippen LogP contribution is -2.11. The highest BCUT2D eigenvalue weighted by Crippen LogP contribution is 2.24. The van der Waals surface area contributed by atoms with Gasteiger partial charge in [-0.05, 0) is 42.7 Å². The fraction of sp³-hybridized carbons (Fsp3) is 0.167. The van der Waals surface area contributed by atoms with E-state index in [1.165, 1.54) is 5.57 Å². The molecule has 0 radical (unpaired) electrons. The van der Waals surface area contributed by atoms with Crippen LogP contribution >= 0.6 is 0 Å². The molecule has 0 fully saturated rings. The zero-order chi connectivity index (χ0) is 14.8. The molecule has 3 heterocycles. The highest BCUT2D eigenvalue weighted by molar-refractivity contribution is 6.15. The van der Waals surface area contributed by atoms with Crippen LogP contribution in [0.1, 0.15) is 24.1 Å². The van der Waals surface area contributed by atoms with E-state index in [2.05, 4.69) is 33.4 Å². The second kappa shape index (κ2) is 5.56. The normalized spacial score (nSPS) is 16.9. The Kier molecular flexibility index (Phi) is 3.27. The van der Waals surface area contributed by atoms with Crippen molar-refractivity contribution in [3.05, 3.63) is 65.6 Å². The summed E-state index contributed by atoms with van der Waals surface area (Å²) in [4.78, 5) is 8.93. The van der Waals surface area contributed by atoms with Gasteiger partial charge in [-0.1, -0.05) is 18.2 Å². The average molecular weight is 288 g/mol. The SMILES string of the molecule is C(=C1CCCN=C1c1cccnc1)c1[nH]nc2ccccc12. The van der Waals surface area contributed by atoms with Gasteiger partial charge in [-0.25, -0.2) is 0 Å². The number of aromatic amines is 1. The predicted molar refractivity (Wildman–Crippen MR) is 88.9 cm³/mol. The van der Waals surface area contributed by atoms with Gasteiger partial charge in [0.1, 0.15) is 0 Å². The van der Waals surface area contributed by atoms with Crippen molar-refractivity contribution in [1.29, 1.82) is 0 Å². The summed E-state index contributed by atoms with van der Waals surface area (Å²) >= 11 is 0. The molecule has 1 aromatic carbocycles. The molecular formula is C18H16N4. The quantitative estimate of drug-likeness (QED) is 0.783. The summed E-state index contributed by atoms with van der Waals surface area (Å²) in [6.07, 6.45) is 7.96. The van der Waals surface area contributed by atoms with Crippen molar-refractivity contribution in [2.24, 2.45) is 4.99 Å². The van der Waals surface area contributed by atoms with Crippen LogP contribution in [0.4, 0.5) is 0 Å². The Morgan fingerprint density at radius 2 is 2.05 bits per heavy atom. The number of aliphatic imine (C=N–C) groups is 1. The number of aromatic nitrogens is 3. The molecule has 2 aromatic heterocycles. The Labute approximate surface area is 128 Å². The van der Waals surface area contributed by atoms with Crippen LogP contribution in [0, 0.1) is 0 Å². The largest absolute Gasteiger partial charge is 0.284 e. The molecule has 1 aliphatic rings. The molecule has 0 saturated heterocycles. The zero-order valence-electron chi connectivity index (χ0n) is 12.2. The van der Waals surface area contributed by atoms with Crippen molar-refractivity contribution in [1.82, 2.24) is 15.2 Å². The standard InChI is InChI=1S/C18H16N4/c1-2-8-16-15(7-1)17(22-21-16)11-13-5-4-10-20-18(13)14-6-3-9-19-12-14/h1-3,6-9,11-12H,4-5,10H2,(H,21,22). The first-order valence-corrected chi connectivity index (χ1v) is 7.51. The summed E-state index contributed by atoms with van der Waals surface area (Å²) in [5.74, 6) is 0. The van der Waals surface area contributed by atoms with Gasteiger partial charge in [0.05, 0.1) is 16.9 Å². The van der Waals surface area contributed by atoms with Crippen molar-refractivity contribution in [3.8, 4) is 0 Å². The smallest absolute Gasteiger partial charge is 0.0927 e. The van der Waals surface area contributed by atoms with Crippen LogP contribution in [-0.4, -0.2) is 27.4 Å². The van der Waals surface area contributed by atoms with E-state index in [9.17, 15) is 0 Å². The van der Waals surface area contributed by atoms with Gasteiger partial charge in [0, 0.05) is 29.9 Å². The Morgan fingerprint density at radius 3 is 2.95 bits per heavy atom. The third kappa shape index (κ3) is 2.33. The molecule has 3 aromatic rings. The van der Waals surface area contributed by atoms with Crippen LogP contribution in [0.15, 0.2) is 59.4 Å². The number of para-hydroxylation sites is 1. The lowest BCUT2D eigenvalue weighted by atomic mass is 9.95. The number of nitrogens with one attached hydrogen (secondary N) is 1. The highest BCUT2D eigenvalue weighted by Gasteiger charge is 2.15. The van der Waals surface area contributed by atoms with Crippen LogP contribution in [0.5, 0.6) is 0 Å². The second-order valence-corrected chi connectivity index (χ2v) is 5.40. The minimum atomic E-state index is 0.880. The molecule has 0 saturated carbocycles. The van der Waals surface area contributed by atoms with Gasteiger partial charge in [-0.15, -0.1) is 0 Å². The number of rotatable bonds is 2. The number of hydrogen-bond acceptors (Lipinski definition) is 3. The number of allylic oxidation sites excluding steroid dienone is 1. The van der Waals surface area contributed by atoms with Gasteiger partial charge >= 0.3 is 0 Å². The number of H-pyrrole nitrogens is 1. The van der Waals surface area contributed by atoms with E-state index in [1.54, 1.807) is 6.20 Å². The lowest BCUT2D eigenvalue weighted by Gasteiger charge is -2.16. The molecule has 1 aliphatic heterocycles. The predicted octanol–water partition coefficient (Wildman–Crippen LogP) is 3.62. The first kappa shape index (κ1) is 13.0. The van der Waals surface area contributed by atoms with Crippen LogP contribution in [-0.2, 0) is 0 Å². The van der Waals surface area contributed by atoms with E-state index in [4.69, 9.17) is 4.99 Å². The van der Waals surface area contributed by atoms with E-state index >= 15 is 0 Å². The molecular weight excluding hydrogens is 272 g/mol. The Hall–Kier alpha value is -2.75. The minimum Gasteiger partial charge on any atom is -0.284 e. The number of nitrogens with zero attached hydrogens (tertiary/aromatic N) is 3. The summed E-state index contributed by atoms with van der Waals surface area (Å²) in [5.41, 5.74) is 5.41. The summed E-state index contributed by atoms with van der Waals surface area (Å²) in [5, 5.41) is 8.64. The van der Waals surface area contributed by atoms with E-state index in [1.807, 2.05) is 30.5 Å². The van der Waals surface area contributed by atoms with E-state index in [0.717, 1.165) is 47.3 Å². The topological polar surface area (TPSA) is 53.9 Å². The van der Waals surface area contributed by atoms with E-state index in [0.29, 0.717) is 0 Å². The Morgan fingerprint density at radius 1 is 1.09 bits per heavy atom. The summed E-state index contributed by atoms with van der Waals surface area (Å²) in [7, 11) is 0. The number of pyridine rings is 1. The summed E-state index contributed by atoms with van der Waals surface area (Å²) in [6, 6.07) is 12.2. The maximum atomic E-state index is 4.72. The molecule has 108 valence electrons. The molecule has 0 amide bonds. The van der Waals surface area contributed by atoms with Crippen molar-refractivity contribution in [2.45, 2.75) is 12.8 Å². The number of fused-ring (bicyclic) bond motifs is 1. The minimum absolute atomic E-state index is 0.880. The van der Waals surface area contributed by atoms with E-state index in [-0.39, 0.29) is 0 Å². The van der Waals surface area contributed by atoms with Gasteiger partial charge in [-0.2, -0.15) is 5.10 Å². The first-order chi connectivity index (χ1) is 10.9. The van der Waals surface area contributed by atoms with Gasteiger partial charge in [0.25, 0.3) is 0 Å². The van der Waals surface area contributed by atoms with E-state index < -0.39 is 0 Å². The molecule has 4 heteroatoms. The van der Waals surface area contributed by atoms with Crippen LogP contribution in [0.2, 0.25) is 0 Å². The van der Waals surface area contributed by atoms with Gasteiger partial charge < -0.3 is 0 Å². The van der Waals surface area contributed by atoms with Crippen LogP contribution in [0.25, 0.3) is 17.0 Å². The Bertz CT molecular complexity index is 859. The molecule has 0 spiro atoms. The summed E-state index contributed by atoms with van der Waals surface area (Å²) in [6.45, 7) is 0.880. The van der Waals surface area contributed by atoms with Crippen molar-refractivity contribution >= 4 is 22.7 Å². The third-order valence-corrected chi connectivity index (χ3v) is 3.92. The second-order valence-electron chi connectivity index (χ2n) is 5.40. The maximum absolute atomic E-state index is 4.72. The average Bonchev–Trinajstić information content (AvgIpc) is 2.99. The lowest BCUT2D eigenvalue weighted by molar-refractivity contribution is 0.818. The summed E-state index contributed by atoms with van der Waals surface area (Å²) < 4.78 is 0. The molecule has 0 unspecified atom stereocenters. The molecule has 4 nitrogen and oxygen atoms in total. The van der Waals surface area contributed by atoms with Gasteiger partial charge in [0.2, 0.25) is 0 Å². The van der Waals surface area contributed by atoms with Gasteiger partial charge in [0.15, 0.2) is 0 Å². The molecule has 0 atom stereocenters. The Balaban J connectivity index is 1.80. The highest BCUT2D eigenvalue weighted by atomic mass is 15.1. The van der Waals surface area contributed by atoms with Gasteiger partial charge in [-0.3, -0.25) is 15.1 Å². The maximum Gasteiger partial charge on any atom is 0.0927 e.